The second-order valence-corrected chi connectivity index (χ2v) is 3.46. The van der Waals surface area contributed by atoms with Gasteiger partial charge < -0.3 is 0 Å². The lowest BCUT2D eigenvalue weighted by Gasteiger charge is -1.99. The van der Waals surface area contributed by atoms with Crippen LogP contribution >= 0.6 is 0 Å². The third-order valence-electron chi connectivity index (χ3n) is 2.22. The lowest BCUT2D eigenvalue weighted by Crippen LogP contribution is -2.17. The molecule has 0 aliphatic heterocycles. The Hall–Kier alpha value is -2.56. The molecule has 0 aliphatic carbocycles. The number of benzene rings is 1. The standard InChI is InChI=1S/C13H10FN3O/c14-12-4-2-1-3-11(12)9-16-17-13(18)10-5-7-15-8-6-10/h1-9H,(H,17,18)/b16-9-. The van der Waals surface area contributed by atoms with Crippen LogP contribution in [-0.2, 0) is 0 Å². The van der Waals surface area contributed by atoms with Gasteiger partial charge in [-0.25, -0.2) is 9.82 Å². The van der Waals surface area contributed by atoms with Crippen LogP contribution in [0.15, 0.2) is 53.9 Å². The summed E-state index contributed by atoms with van der Waals surface area (Å²) in [6, 6.07) is 9.29. The molecule has 0 spiro atoms. The molecule has 18 heavy (non-hydrogen) atoms. The molecular formula is C13H10FN3O. The highest BCUT2D eigenvalue weighted by Gasteiger charge is 2.02. The summed E-state index contributed by atoms with van der Waals surface area (Å²) in [4.78, 5) is 15.4. The van der Waals surface area contributed by atoms with Crippen LogP contribution in [0.5, 0.6) is 0 Å². The number of hydrogen-bond donors (Lipinski definition) is 1. The number of hydrazone groups is 1. The Morgan fingerprint density at radius 2 is 1.94 bits per heavy atom. The first-order valence-corrected chi connectivity index (χ1v) is 5.25. The third kappa shape index (κ3) is 2.98. The Labute approximate surface area is 103 Å². The van der Waals surface area contributed by atoms with E-state index in [9.17, 15) is 9.18 Å². The van der Waals surface area contributed by atoms with Crippen molar-refractivity contribution in [2.24, 2.45) is 5.10 Å². The van der Waals surface area contributed by atoms with Crippen molar-refractivity contribution in [3.8, 4) is 0 Å². The normalized spacial score (nSPS) is 10.5. The summed E-state index contributed by atoms with van der Waals surface area (Å²) in [5.41, 5.74) is 3.06. The molecular weight excluding hydrogens is 233 g/mol. The van der Waals surface area contributed by atoms with Gasteiger partial charge in [0.25, 0.3) is 5.91 Å². The first-order chi connectivity index (χ1) is 8.77. The smallest absolute Gasteiger partial charge is 0.267 e. The molecule has 0 saturated carbocycles. The average molecular weight is 243 g/mol. The maximum atomic E-state index is 13.2. The van der Waals surface area contributed by atoms with E-state index in [0.717, 1.165) is 0 Å². The first kappa shape index (κ1) is 11.9. The monoisotopic (exact) mass is 243 g/mol. The molecule has 0 aliphatic rings. The van der Waals surface area contributed by atoms with Gasteiger partial charge in [-0.15, -0.1) is 0 Å². The van der Waals surface area contributed by atoms with Crippen LogP contribution in [0.1, 0.15) is 15.9 Å². The van der Waals surface area contributed by atoms with Crippen LogP contribution in [-0.4, -0.2) is 17.1 Å². The minimum absolute atomic E-state index is 0.313. The molecule has 5 heteroatoms. The van der Waals surface area contributed by atoms with Gasteiger partial charge in [-0.05, 0) is 18.2 Å². The highest BCUT2D eigenvalue weighted by Crippen LogP contribution is 2.02. The van der Waals surface area contributed by atoms with Gasteiger partial charge in [0.15, 0.2) is 0 Å². The lowest BCUT2D eigenvalue weighted by atomic mass is 10.2. The predicted octanol–water partition coefficient (Wildman–Crippen LogP) is 1.98. The number of rotatable bonds is 3. The second kappa shape index (κ2) is 5.67. The number of amides is 1. The van der Waals surface area contributed by atoms with Crippen molar-refractivity contribution in [2.45, 2.75) is 0 Å². The molecule has 0 atom stereocenters. The van der Waals surface area contributed by atoms with Gasteiger partial charge in [-0.1, -0.05) is 18.2 Å². The van der Waals surface area contributed by atoms with E-state index in [0.29, 0.717) is 11.1 Å². The van der Waals surface area contributed by atoms with Crippen LogP contribution in [0.3, 0.4) is 0 Å². The SMILES string of the molecule is O=C(N/N=C\c1ccccc1F)c1ccncc1. The Morgan fingerprint density at radius 3 is 2.67 bits per heavy atom. The first-order valence-electron chi connectivity index (χ1n) is 5.25. The molecule has 0 unspecified atom stereocenters. The Kier molecular flexibility index (Phi) is 3.76. The maximum absolute atomic E-state index is 13.2. The van der Waals surface area contributed by atoms with Gasteiger partial charge in [0, 0.05) is 23.5 Å². The van der Waals surface area contributed by atoms with Gasteiger partial charge in [-0.3, -0.25) is 9.78 Å². The maximum Gasteiger partial charge on any atom is 0.271 e. The number of carbonyl (C=O) groups is 1. The molecule has 0 bridgehead atoms. The van der Waals surface area contributed by atoms with Crippen LogP contribution in [0, 0.1) is 5.82 Å². The number of hydrogen-bond acceptors (Lipinski definition) is 3. The highest BCUT2D eigenvalue weighted by molar-refractivity contribution is 5.94. The number of carbonyl (C=O) groups excluding carboxylic acids is 1. The summed E-state index contributed by atoms with van der Waals surface area (Å²) in [6.45, 7) is 0. The fraction of sp³-hybridized carbons (Fsp3) is 0. The molecule has 2 aromatic rings. The molecule has 90 valence electrons. The van der Waals surface area contributed by atoms with Gasteiger partial charge in [0.05, 0.1) is 6.21 Å². The fourth-order valence-corrected chi connectivity index (χ4v) is 1.31. The van der Waals surface area contributed by atoms with Crippen molar-refractivity contribution in [1.82, 2.24) is 10.4 Å². The molecule has 1 amide bonds. The van der Waals surface area contributed by atoms with Crippen LogP contribution < -0.4 is 5.43 Å². The van der Waals surface area contributed by atoms with Crippen LogP contribution in [0.4, 0.5) is 4.39 Å². The zero-order valence-corrected chi connectivity index (χ0v) is 9.38. The Bertz CT molecular complexity index is 569. The van der Waals surface area contributed by atoms with Gasteiger partial charge in [0.1, 0.15) is 5.82 Å². The molecule has 1 heterocycles. The largest absolute Gasteiger partial charge is 0.271 e. The van der Waals surface area contributed by atoms with Crippen LogP contribution in [0.2, 0.25) is 0 Å². The van der Waals surface area contributed by atoms with Crippen molar-refractivity contribution in [3.05, 3.63) is 65.7 Å². The van der Waals surface area contributed by atoms with Crippen molar-refractivity contribution in [1.29, 1.82) is 0 Å². The quantitative estimate of drug-likeness (QED) is 0.662. The summed E-state index contributed by atoms with van der Waals surface area (Å²) < 4.78 is 13.2. The number of halogens is 1. The van der Waals surface area contributed by atoms with E-state index >= 15 is 0 Å². The highest BCUT2D eigenvalue weighted by atomic mass is 19.1. The van der Waals surface area contributed by atoms with Crippen molar-refractivity contribution in [2.75, 3.05) is 0 Å². The van der Waals surface area contributed by atoms with E-state index in [1.54, 1.807) is 30.3 Å². The lowest BCUT2D eigenvalue weighted by molar-refractivity contribution is 0.0955. The molecule has 0 radical (unpaired) electrons. The average Bonchev–Trinajstić information content (AvgIpc) is 2.42. The minimum Gasteiger partial charge on any atom is -0.267 e. The summed E-state index contributed by atoms with van der Waals surface area (Å²) in [7, 11) is 0. The Balaban J connectivity index is 2.00. The van der Waals surface area contributed by atoms with E-state index in [2.05, 4.69) is 15.5 Å². The third-order valence-corrected chi connectivity index (χ3v) is 2.22. The van der Waals surface area contributed by atoms with Crippen LogP contribution in [0.25, 0.3) is 0 Å². The molecule has 0 fully saturated rings. The number of nitrogens with one attached hydrogen (secondary N) is 1. The summed E-state index contributed by atoms with van der Waals surface area (Å²) >= 11 is 0. The number of aromatic nitrogens is 1. The molecule has 1 aromatic heterocycles. The van der Waals surface area contributed by atoms with Gasteiger partial charge >= 0.3 is 0 Å². The molecule has 1 aromatic carbocycles. The topological polar surface area (TPSA) is 54.4 Å². The van der Waals surface area contributed by atoms with Gasteiger partial charge in [0.2, 0.25) is 0 Å². The van der Waals surface area contributed by atoms with Crippen molar-refractivity contribution < 1.29 is 9.18 Å². The van der Waals surface area contributed by atoms with Crippen molar-refractivity contribution >= 4 is 12.1 Å². The van der Waals surface area contributed by atoms with E-state index in [1.165, 1.54) is 24.7 Å². The summed E-state index contributed by atoms with van der Waals surface area (Å²) in [5, 5.41) is 3.69. The molecule has 1 N–H and O–H groups in total. The second-order valence-electron chi connectivity index (χ2n) is 3.46. The van der Waals surface area contributed by atoms with E-state index < -0.39 is 0 Å². The number of nitrogens with zero attached hydrogens (tertiary/aromatic N) is 2. The summed E-state index contributed by atoms with van der Waals surface area (Å²) in [6.07, 6.45) is 4.28. The van der Waals surface area contributed by atoms with E-state index in [-0.39, 0.29) is 11.7 Å². The molecule has 0 saturated heterocycles. The number of pyridine rings is 1. The Morgan fingerprint density at radius 1 is 1.22 bits per heavy atom. The zero-order chi connectivity index (χ0) is 12.8. The van der Waals surface area contributed by atoms with Crippen molar-refractivity contribution in [3.63, 3.8) is 0 Å². The molecule has 4 nitrogen and oxygen atoms in total. The van der Waals surface area contributed by atoms with E-state index in [4.69, 9.17) is 0 Å². The summed E-state index contributed by atoms with van der Waals surface area (Å²) in [5.74, 6) is -0.760. The predicted molar refractivity (Wildman–Crippen MR) is 65.7 cm³/mol. The zero-order valence-electron chi connectivity index (χ0n) is 9.38. The minimum atomic E-state index is -0.389. The molecule has 2 rings (SSSR count). The van der Waals surface area contributed by atoms with Gasteiger partial charge in [-0.2, -0.15) is 5.10 Å². The fourth-order valence-electron chi connectivity index (χ4n) is 1.31. The van der Waals surface area contributed by atoms with E-state index in [1.807, 2.05) is 0 Å².